The van der Waals surface area contributed by atoms with E-state index in [1.165, 1.54) is 6.42 Å². The molecule has 98 valence electrons. The number of rotatable bonds is 3. The second-order valence-electron chi connectivity index (χ2n) is 4.63. The first-order chi connectivity index (χ1) is 8.72. The minimum atomic E-state index is 0.136. The number of piperidine rings is 1. The summed E-state index contributed by atoms with van der Waals surface area (Å²) in [4.78, 5) is 14.5. The molecule has 1 aromatic carbocycles. The van der Waals surface area contributed by atoms with Gasteiger partial charge in [0.2, 0.25) is 0 Å². The van der Waals surface area contributed by atoms with Gasteiger partial charge in [-0.05, 0) is 49.9 Å². The molecule has 1 saturated heterocycles. The van der Waals surface area contributed by atoms with E-state index in [0.29, 0.717) is 11.1 Å². The van der Waals surface area contributed by atoms with Gasteiger partial charge in [0.05, 0.1) is 0 Å². The minimum Gasteiger partial charge on any atom is -0.336 e. The van der Waals surface area contributed by atoms with Crippen LogP contribution in [0.25, 0.3) is 0 Å². The van der Waals surface area contributed by atoms with Gasteiger partial charge in [0.15, 0.2) is 0 Å². The minimum absolute atomic E-state index is 0.136. The molecule has 0 spiro atoms. The monoisotopic (exact) mass is 329 g/mol. The highest BCUT2D eigenvalue weighted by molar-refractivity contribution is 9.09. The van der Waals surface area contributed by atoms with Gasteiger partial charge in [-0.1, -0.05) is 27.5 Å². The van der Waals surface area contributed by atoms with Crippen LogP contribution in [0.3, 0.4) is 0 Å². The Morgan fingerprint density at radius 1 is 1.33 bits per heavy atom. The van der Waals surface area contributed by atoms with Crippen LogP contribution >= 0.6 is 27.5 Å². The molecule has 4 heteroatoms. The largest absolute Gasteiger partial charge is 0.336 e. The van der Waals surface area contributed by atoms with E-state index in [1.54, 1.807) is 12.1 Å². The van der Waals surface area contributed by atoms with Crippen LogP contribution in [0.4, 0.5) is 0 Å². The number of carbonyl (C=O) groups excluding carboxylic acids is 1. The van der Waals surface area contributed by atoms with E-state index in [4.69, 9.17) is 11.6 Å². The molecule has 1 aliphatic heterocycles. The third-order valence-corrected chi connectivity index (χ3v) is 4.13. The van der Waals surface area contributed by atoms with E-state index in [-0.39, 0.29) is 5.91 Å². The van der Waals surface area contributed by atoms with E-state index in [9.17, 15) is 4.79 Å². The number of benzene rings is 1. The second-order valence-corrected chi connectivity index (χ2v) is 5.86. The van der Waals surface area contributed by atoms with Crippen molar-refractivity contribution in [3.8, 4) is 0 Å². The van der Waals surface area contributed by atoms with Crippen LogP contribution in [0.15, 0.2) is 24.3 Å². The van der Waals surface area contributed by atoms with Crippen molar-refractivity contribution in [3.63, 3.8) is 0 Å². The van der Waals surface area contributed by atoms with Gasteiger partial charge >= 0.3 is 0 Å². The molecule has 0 saturated carbocycles. The van der Waals surface area contributed by atoms with Crippen molar-refractivity contribution in [2.45, 2.75) is 31.7 Å². The summed E-state index contributed by atoms with van der Waals surface area (Å²) < 4.78 is 0. The first-order valence-corrected chi connectivity index (χ1v) is 7.85. The molecule has 0 bridgehead atoms. The molecule has 1 heterocycles. The molecule has 1 fully saturated rings. The predicted octanol–water partition coefficient (Wildman–Crippen LogP) is 4.12. The molecule has 1 unspecified atom stereocenters. The van der Waals surface area contributed by atoms with Crippen LogP contribution < -0.4 is 0 Å². The number of amides is 1. The standard InChI is InChI=1S/C14H17BrClNO/c15-9-8-13-3-1-2-10-17(13)14(18)11-4-6-12(16)7-5-11/h4-7,13H,1-3,8-10H2. The zero-order valence-electron chi connectivity index (χ0n) is 10.2. The lowest BCUT2D eigenvalue weighted by Gasteiger charge is -2.35. The lowest BCUT2D eigenvalue weighted by molar-refractivity contribution is 0.0610. The van der Waals surface area contributed by atoms with Gasteiger partial charge in [-0.25, -0.2) is 0 Å². The van der Waals surface area contributed by atoms with E-state index >= 15 is 0 Å². The normalized spacial score (nSPS) is 19.9. The fourth-order valence-electron chi connectivity index (χ4n) is 2.45. The highest BCUT2D eigenvalue weighted by atomic mass is 79.9. The highest BCUT2D eigenvalue weighted by Gasteiger charge is 2.26. The van der Waals surface area contributed by atoms with Crippen LogP contribution in [0.5, 0.6) is 0 Å². The number of alkyl halides is 1. The maximum absolute atomic E-state index is 12.5. The Morgan fingerprint density at radius 3 is 2.72 bits per heavy atom. The maximum Gasteiger partial charge on any atom is 0.254 e. The molecule has 2 rings (SSSR count). The molecule has 0 N–H and O–H groups in total. The lowest BCUT2D eigenvalue weighted by Crippen LogP contribution is -2.43. The molecule has 1 atom stereocenters. The molecular formula is C14H17BrClNO. The van der Waals surface area contributed by atoms with Gasteiger partial charge in [0.1, 0.15) is 0 Å². The van der Waals surface area contributed by atoms with Gasteiger partial charge in [-0.3, -0.25) is 4.79 Å². The fourth-order valence-corrected chi connectivity index (χ4v) is 3.11. The third kappa shape index (κ3) is 3.27. The van der Waals surface area contributed by atoms with Crippen molar-refractivity contribution in [3.05, 3.63) is 34.9 Å². The van der Waals surface area contributed by atoms with E-state index in [1.807, 2.05) is 17.0 Å². The molecule has 2 nitrogen and oxygen atoms in total. The van der Waals surface area contributed by atoms with Gasteiger partial charge in [-0.15, -0.1) is 0 Å². The summed E-state index contributed by atoms with van der Waals surface area (Å²) >= 11 is 9.32. The number of hydrogen-bond acceptors (Lipinski definition) is 1. The zero-order chi connectivity index (χ0) is 13.0. The Morgan fingerprint density at radius 2 is 2.06 bits per heavy atom. The smallest absolute Gasteiger partial charge is 0.254 e. The lowest BCUT2D eigenvalue weighted by atomic mass is 9.99. The average Bonchev–Trinajstić information content (AvgIpc) is 2.40. The van der Waals surface area contributed by atoms with Crippen LogP contribution in [-0.2, 0) is 0 Å². The first kappa shape index (κ1) is 13.9. The predicted molar refractivity (Wildman–Crippen MR) is 78.5 cm³/mol. The van der Waals surface area contributed by atoms with Crippen molar-refractivity contribution in [1.29, 1.82) is 0 Å². The average molecular weight is 331 g/mol. The van der Waals surface area contributed by atoms with Crippen LogP contribution in [0, 0.1) is 0 Å². The van der Waals surface area contributed by atoms with E-state index in [2.05, 4.69) is 15.9 Å². The summed E-state index contributed by atoms with van der Waals surface area (Å²) in [6.45, 7) is 0.874. The van der Waals surface area contributed by atoms with Crippen LogP contribution in [0.1, 0.15) is 36.0 Å². The quantitative estimate of drug-likeness (QED) is 0.763. The topological polar surface area (TPSA) is 20.3 Å². The zero-order valence-corrected chi connectivity index (χ0v) is 12.6. The molecule has 0 aliphatic carbocycles. The maximum atomic E-state index is 12.5. The van der Waals surface area contributed by atoms with Crippen molar-refractivity contribution in [2.24, 2.45) is 0 Å². The third-order valence-electron chi connectivity index (χ3n) is 3.42. The molecule has 1 aromatic rings. The Hall–Kier alpha value is -0.540. The van der Waals surface area contributed by atoms with Gasteiger partial charge in [0, 0.05) is 28.5 Å². The molecule has 0 radical (unpaired) electrons. The Balaban J connectivity index is 2.12. The number of hydrogen-bond donors (Lipinski definition) is 0. The number of nitrogens with zero attached hydrogens (tertiary/aromatic N) is 1. The molecule has 0 aromatic heterocycles. The summed E-state index contributed by atoms with van der Waals surface area (Å²) in [6.07, 6.45) is 4.48. The Labute approximate surface area is 121 Å². The van der Waals surface area contributed by atoms with Gasteiger partial charge in [0.25, 0.3) is 5.91 Å². The fraction of sp³-hybridized carbons (Fsp3) is 0.500. The van der Waals surface area contributed by atoms with E-state index < -0.39 is 0 Å². The summed E-state index contributed by atoms with van der Waals surface area (Å²) in [6, 6.07) is 7.55. The summed E-state index contributed by atoms with van der Waals surface area (Å²) in [5.41, 5.74) is 0.737. The number of likely N-dealkylation sites (tertiary alicyclic amines) is 1. The van der Waals surface area contributed by atoms with Crippen LogP contribution in [-0.4, -0.2) is 28.7 Å². The summed E-state index contributed by atoms with van der Waals surface area (Å²) in [7, 11) is 0. The van der Waals surface area contributed by atoms with E-state index in [0.717, 1.165) is 36.7 Å². The number of carbonyl (C=O) groups is 1. The van der Waals surface area contributed by atoms with Crippen molar-refractivity contribution in [1.82, 2.24) is 4.90 Å². The summed E-state index contributed by atoms with van der Waals surface area (Å²) in [5, 5.41) is 1.62. The molecule has 1 amide bonds. The van der Waals surface area contributed by atoms with Crippen molar-refractivity contribution >= 4 is 33.4 Å². The van der Waals surface area contributed by atoms with Gasteiger partial charge < -0.3 is 4.90 Å². The van der Waals surface area contributed by atoms with Crippen molar-refractivity contribution in [2.75, 3.05) is 11.9 Å². The molecule has 18 heavy (non-hydrogen) atoms. The Bertz CT molecular complexity index is 405. The van der Waals surface area contributed by atoms with Gasteiger partial charge in [-0.2, -0.15) is 0 Å². The van der Waals surface area contributed by atoms with Crippen LogP contribution in [0.2, 0.25) is 5.02 Å². The summed E-state index contributed by atoms with van der Waals surface area (Å²) in [5.74, 6) is 0.136. The second kappa shape index (κ2) is 6.58. The highest BCUT2D eigenvalue weighted by Crippen LogP contribution is 2.23. The molecule has 1 aliphatic rings. The Kier molecular flexibility index (Phi) is 5.07. The molecular weight excluding hydrogens is 314 g/mol. The first-order valence-electron chi connectivity index (χ1n) is 6.35. The number of halogens is 2. The SMILES string of the molecule is O=C(c1ccc(Cl)cc1)N1CCCCC1CCBr. The van der Waals surface area contributed by atoms with Crippen molar-refractivity contribution < 1.29 is 4.79 Å².